The number of fused-ring (bicyclic) bond motifs is 2. The average Bonchev–Trinajstić information content (AvgIpc) is 2.72. The summed E-state index contributed by atoms with van der Waals surface area (Å²) in [5.74, 6) is 0.503. The quantitative estimate of drug-likeness (QED) is 0.501. The number of esters is 1. The first-order chi connectivity index (χ1) is 12.1. The molecule has 0 aliphatic heterocycles. The van der Waals surface area contributed by atoms with Crippen LogP contribution in [0.3, 0.4) is 0 Å². The monoisotopic (exact) mass is 394 g/mol. The lowest BCUT2D eigenvalue weighted by atomic mass is 9.43. The van der Waals surface area contributed by atoms with Crippen molar-refractivity contribution in [3.63, 3.8) is 0 Å². The number of hydrogen-bond acceptors (Lipinski definition) is 4. The highest BCUT2D eigenvalue weighted by atomic mass is 28.4. The summed E-state index contributed by atoms with van der Waals surface area (Å²) in [7, 11) is -0.614. The molecule has 0 bridgehead atoms. The van der Waals surface area contributed by atoms with Crippen molar-refractivity contribution in [1.29, 1.82) is 0 Å². The van der Waals surface area contributed by atoms with Crippen molar-refractivity contribution in [1.82, 2.24) is 0 Å². The van der Waals surface area contributed by atoms with Crippen LogP contribution in [0, 0.1) is 28.6 Å². The summed E-state index contributed by atoms with van der Waals surface area (Å²) in [6, 6.07) is 0. The standard InChI is InChI=1S/C22H38O4Si/c1-19(2,3)27(8,9)26-22-11-14-10-20(4,5)17(23)15(14)12-21(22,6)13-16(22)18(24)25-7/h14-16H,10-13H2,1-9H3/t14-,15+,16+,21+,22+/m1/s1. The van der Waals surface area contributed by atoms with Crippen LogP contribution in [0.4, 0.5) is 0 Å². The molecule has 0 radical (unpaired) electrons. The van der Waals surface area contributed by atoms with Gasteiger partial charge in [0, 0.05) is 11.3 Å². The van der Waals surface area contributed by atoms with Crippen LogP contribution in [0.25, 0.3) is 0 Å². The van der Waals surface area contributed by atoms with E-state index in [-0.39, 0.29) is 33.7 Å². The number of methoxy groups -OCH3 is 1. The fourth-order valence-corrected chi connectivity index (χ4v) is 7.63. The van der Waals surface area contributed by atoms with Crippen molar-refractivity contribution in [2.75, 3.05) is 7.11 Å². The predicted octanol–water partition coefficient (Wildman–Crippen LogP) is 4.97. The topological polar surface area (TPSA) is 52.6 Å². The first-order valence-corrected chi connectivity index (χ1v) is 13.3. The van der Waals surface area contributed by atoms with Gasteiger partial charge in [-0.25, -0.2) is 0 Å². The molecule has 0 spiro atoms. The zero-order valence-electron chi connectivity index (χ0n) is 18.7. The van der Waals surface area contributed by atoms with Crippen molar-refractivity contribution in [3.05, 3.63) is 0 Å². The van der Waals surface area contributed by atoms with Gasteiger partial charge in [0.25, 0.3) is 0 Å². The lowest BCUT2D eigenvalue weighted by Gasteiger charge is -2.68. The Morgan fingerprint density at radius 1 is 1.07 bits per heavy atom. The number of carbonyl (C=O) groups excluding carboxylic acids is 2. The normalized spacial score (nSPS) is 40.8. The summed E-state index contributed by atoms with van der Waals surface area (Å²) in [6.45, 7) is 17.7. The molecule has 3 aliphatic carbocycles. The highest BCUT2D eigenvalue weighted by molar-refractivity contribution is 6.74. The molecule has 0 amide bonds. The molecule has 3 saturated carbocycles. The van der Waals surface area contributed by atoms with Gasteiger partial charge >= 0.3 is 5.97 Å². The molecule has 0 heterocycles. The first kappa shape index (κ1) is 21.0. The maximum atomic E-state index is 13.0. The molecule has 5 atom stereocenters. The Labute approximate surface area is 165 Å². The summed E-state index contributed by atoms with van der Waals surface area (Å²) >= 11 is 0. The second-order valence-corrected chi connectivity index (χ2v) is 16.5. The van der Waals surface area contributed by atoms with Gasteiger partial charge in [-0.3, -0.25) is 9.59 Å². The maximum absolute atomic E-state index is 13.0. The van der Waals surface area contributed by atoms with Crippen LogP contribution in [0.2, 0.25) is 18.1 Å². The second-order valence-electron chi connectivity index (χ2n) is 11.8. The van der Waals surface area contributed by atoms with E-state index in [1.165, 1.54) is 7.11 Å². The van der Waals surface area contributed by atoms with Crippen LogP contribution in [-0.4, -0.2) is 32.8 Å². The zero-order valence-corrected chi connectivity index (χ0v) is 19.7. The van der Waals surface area contributed by atoms with Gasteiger partial charge in [-0.15, -0.1) is 0 Å². The number of ketones is 1. The van der Waals surface area contributed by atoms with Gasteiger partial charge in [-0.05, 0) is 55.1 Å². The predicted molar refractivity (Wildman–Crippen MR) is 109 cm³/mol. The number of carbonyl (C=O) groups is 2. The van der Waals surface area contributed by atoms with Crippen molar-refractivity contribution in [2.24, 2.45) is 28.6 Å². The van der Waals surface area contributed by atoms with E-state index in [2.05, 4.69) is 54.6 Å². The molecule has 0 aromatic heterocycles. The highest BCUT2D eigenvalue weighted by Crippen LogP contribution is 2.70. The SMILES string of the molecule is COC(=O)[C@@H]1C[C@]2(C)C[C@@H]3C(=O)C(C)(C)C[C@@H]3C[C@]12O[Si](C)(C)C(C)(C)C. The number of Topliss-reactive ketones (excluding diaryl/α,β-unsaturated/α-hetero) is 1. The minimum atomic E-state index is -2.09. The van der Waals surface area contributed by atoms with Crippen LogP contribution in [0.5, 0.6) is 0 Å². The lowest BCUT2D eigenvalue weighted by Crippen LogP contribution is -2.73. The van der Waals surface area contributed by atoms with Crippen molar-refractivity contribution >= 4 is 20.1 Å². The number of hydrogen-bond donors (Lipinski definition) is 0. The van der Waals surface area contributed by atoms with E-state index < -0.39 is 13.9 Å². The largest absolute Gasteiger partial charge is 0.469 e. The molecule has 27 heavy (non-hydrogen) atoms. The molecule has 0 aromatic rings. The molecule has 5 heteroatoms. The Morgan fingerprint density at radius 3 is 2.19 bits per heavy atom. The third kappa shape index (κ3) is 2.86. The van der Waals surface area contributed by atoms with Gasteiger partial charge in [0.15, 0.2) is 8.32 Å². The Kier molecular flexibility index (Phi) is 4.61. The van der Waals surface area contributed by atoms with Gasteiger partial charge in [0.1, 0.15) is 5.78 Å². The van der Waals surface area contributed by atoms with Gasteiger partial charge in [0.05, 0.1) is 18.6 Å². The minimum Gasteiger partial charge on any atom is -0.469 e. The van der Waals surface area contributed by atoms with Gasteiger partial charge < -0.3 is 9.16 Å². The maximum Gasteiger partial charge on any atom is 0.311 e. The Bertz CT molecular complexity index is 662. The van der Waals surface area contributed by atoms with E-state index >= 15 is 0 Å². The van der Waals surface area contributed by atoms with Crippen LogP contribution in [0.15, 0.2) is 0 Å². The Hall–Kier alpha value is -0.683. The summed E-state index contributed by atoms with van der Waals surface area (Å²) < 4.78 is 12.3. The third-order valence-electron chi connectivity index (χ3n) is 8.55. The van der Waals surface area contributed by atoms with Crippen LogP contribution < -0.4 is 0 Å². The fourth-order valence-electron chi connectivity index (χ4n) is 5.95. The molecular formula is C22H38O4Si. The van der Waals surface area contributed by atoms with E-state index in [0.29, 0.717) is 11.7 Å². The van der Waals surface area contributed by atoms with E-state index in [4.69, 9.17) is 9.16 Å². The van der Waals surface area contributed by atoms with Crippen LogP contribution in [-0.2, 0) is 18.8 Å². The van der Waals surface area contributed by atoms with Gasteiger partial charge in [-0.2, -0.15) is 0 Å². The minimum absolute atomic E-state index is 0.0700. The number of ether oxygens (including phenoxy) is 1. The molecule has 0 saturated heterocycles. The first-order valence-electron chi connectivity index (χ1n) is 10.4. The Balaban J connectivity index is 2.02. The van der Waals surface area contributed by atoms with Crippen LogP contribution >= 0.6 is 0 Å². The summed E-state index contributed by atoms with van der Waals surface area (Å²) in [5, 5.41) is 0.0700. The fraction of sp³-hybridized carbons (Fsp3) is 0.909. The molecule has 3 aliphatic rings. The van der Waals surface area contributed by atoms with Crippen molar-refractivity contribution < 1.29 is 18.8 Å². The van der Waals surface area contributed by atoms with E-state index in [9.17, 15) is 9.59 Å². The van der Waals surface area contributed by atoms with Gasteiger partial charge in [0.2, 0.25) is 0 Å². The molecule has 154 valence electrons. The highest BCUT2D eigenvalue weighted by Gasteiger charge is 2.73. The third-order valence-corrected chi connectivity index (χ3v) is 13.0. The van der Waals surface area contributed by atoms with E-state index in [0.717, 1.165) is 25.7 Å². The lowest BCUT2D eigenvalue weighted by molar-refractivity contribution is -0.241. The van der Waals surface area contributed by atoms with Gasteiger partial charge in [-0.1, -0.05) is 41.5 Å². The summed E-state index contributed by atoms with van der Waals surface area (Å²) in [4.78, 5) is 25.6. The molecule has 0 N–H and O–H groups in total. The van der Waals surface area contributed by atoms with Crippen molar-refractivity contribution in [3.8, 4) is 0 Å². The molecule has 3 rings (SSSR count). The molecule has 0 unspecified atom stereocenters. The molecule has 4 nitrogen and oxygen atoms in total. The second kappa shape index (κ2) is 5.91. The van der Waals surface area contributed by atoms with E-state index in [1.54, 1.807) is 0 Å². The average molecular weight is 395 g/mol. The Morgan fingerprint density at radius 2 is 1.67 bits per heavy atom. The molecule has 3 fully saturated rings. The molecule has 0 aromatic carbocycles. The zero-order chi connectivity index (χ0) is 20.6. The van der Waals surface area contributed by atoms with Crippen LogP contribution in [0.1, 0.15) is 67.2 Å². The van der Waals surface area contributed by atoms with E-state index in [1.807, 2.05) is 0 Å². The smallest absolute Gasteiger partial charge is 0.311 e. The number of rotatable bonds is 3. The summed E-state index contributed by atoms with van der Waals surface area (Å²) in [5.41, 5.74) is -0.863. The molecular weight excluding hydrogens is 356 g/mol. The summed E-state index contributed by atoms with van der Waals surface area (Å²) in [6.07, 6.45) is 3.34. The van der Waals surface area contributed by atoms with Crippen molar-refractivity contribution in [2.45, 2.75) is 91.0 Å².